The molecule has 0 spiro atoms. The van der Waals surface area contributed by atoms with E-state index in [1.165, 1.54) is 24.4 Å². The van der Waals surface area contributed by atoms with Crippen LogP contribution in [0.2, 0.25) is 0 Å². The van der Waals surface area contributed by atoms with Gasteiger partial charge in [0.25, 0.3) is 11.8 Å². The number of carbonyl (C=O) groups excluding carboxylic acids is 2. The Morgan fingerprint density at radius 2 is 2.03 bits per heavy atom. The molecule has 2 amide bonds. The molecule has 8 nitrogen and oxygen atoms in total. The molecule has 1 aromatic carbocycles. The molecule has 3 heterocycles. The second kappa shape index (κ2) is 10.7. The lowest BCUT2D eigenvalue weighted by Crippen LogP contribution is -2.44. The predicted molar refractivity (Wildman–Crippen MR) is 116 cm³/mol. The maximum atomic E-state index is 13.2. The van der Waals surface area contributed by atoms with Crippen molar-refractivity contribution in [3.8, 4) is 5.75 Å². The van der Waals surface area contributed by atoms with Gasteiger partial charge in [0.2, 0.25) is 5.82 Å². The molecule has 0 bridgehead atoms. The fourth-order valence-corrected chi connectivity index (χ4v) is 3.24. The van der Waals surface area contributed by atoms with Crippen LogP contribution in [0.4, 0.5) is 14.5 Å². The molecular weight excluding hydrogens is 436 g/mol. The molecule has 10 heteroatoms. The number of hydrogen-bond acceptors (Lipinski definition) is 6. The number of aromatic nitrogens is 1. The average molecular weight is 463 g/mol. The highest BCUT2D eigenvalue weighted by molar-refractivity contribution is 5.96. The quantitative estimate of drug-likeness (QED) is 0.681. The summed E-state index contributed by atoms with van der Waals surface area (Å²) >= 11 is 0. The second-order valence-electron chi connectivity index (χ2n) is 8.44. The van der Waals surface area contributed by atoms with E-state index < -0.39 is 23.6 Å². The number of nitrogens with zero attached hydrogens (tertiary/aromatic N) is 1. The van der Waals surface area contributed by atoms with Crippen LogP contribution in [-0.4, -0.2) is 48.8 Å². The van der Waals surface area contributed by atoms with Crippen LogP contribution in [0, 0.1) is 17.0 Å². The van der Waals surface area contributed by atoms with Gasteiger partial charge >= 0.3 is 0 Å². The first-order valence-corrected chi connectivity index (χ1v) is 10.5. The molecular formula is C23H27F2N3O5. The highest BCUT2D eigenvalue weighted by Crippen LogP contribution is 2.28. The van der Waals surface area contributed by atoms with E-state index in [1.807, 2.05) is 13.8 Å². The van der Waals surface area contributed by atoms with Crippen LogP contribution < -0.4 is 15.8 Å². The van der Waals surface area contributed by atoms with Gasteiger partial charge in [-0.15, -0.1) is 0 Å². The number of nitrogens with two attached hydrogens (primary N) is 1. The van der Waals surface area contributed by atoms with Crippen molar-refractivity contribution in [1.29, 1.82) is 0 Å². The van der Waals surface area contributed by atoms with Gasteiger partial charge in [-0.2, -0.15) is 4.39 Å². The number of carbonyl (C=O) groups is 2. The molecule has 2 aromatic rings. The second-order valence-corrected chi connectivity index (χ2v) is 8.44. The number of ether oxygens (including phenoxy) is 3. The molecule has 0 aliphatic carbocycles. The summed E-state index contributed by atoms with van der Waals surface area (Å²) in [6, 6.07) is 6.95. The summed E-state index contributed by atoms with van der Waals surface area (Å²) in [6.45, 7) is 5.46. The third-order valence-corrected chi connectivity index (χ3v) is 5.20. The molecule has 0 saturated carbocycles. The van der Waals surface area contributed by atoms with Crippen molar-refractivity contribution in [3.63, 3.8) is 0 Å². The number of benzene rings is 1. The van der Waals surface area contributed by atoms with E-state index in [9.17, 15) is 18.4 Å². The van der Waals surface area contributed by atoms with Crippen molar-refractivity contribution in [1.82, 2.24) is 4.98 Å². The molecule has 2 aliphatic rings. The van der Waals surface area contributed by atoms with Gasteiger partial charge in [0.15, 0.2) is 11.6 Å². The van der Waals surface area contributed by atoms with E-state index in [2.05, 4.69) is 10.3 Å². The molecule has 178 valence electrons. The van der Waals surface area contributed by atoms with Gasteiger partial charge in [0.05, 0.1) is 25.9 Å². The van der Waals surface area contributed by atoms with Gasteiger partial charge in [-0.05, 0) is 44.0 Å². The van der Waals surface area contributed by atoms with Gasteiger partial charge in [-0.25, -0.2) is 4.39 Å². The van der Waals surface area contributed by atoms with Crippen molar-refractivity contribution < 1.29 is 32.6 Å². The van der Waals surface area contributed by atoms with Crippen LogP contribution in [0.1, 0.15) is 37.2 Å². The Kier molecular flexibility index (Phi) is 7.93. The van der Waals surface area contributed by atoms with E-state index >= 15 is 0 Å². The van der Waals surface area contributed by atoms with Crippen molar-refractivity contribution in [2.24, 2.45) is 11.1 Å². The summed E-state index contributed by atoms with van der Waals surface area (Å²) in [5, 5.41) is 2.69. The largest absolute Gasteiger partial charge is 0.490 e. The zero-order valence-corrected chi connectivity index (χ0v) is 18.5. The normalized spacial score (nSPS) is 20.7. The zero-order chi connectivity index (χ0) is 24.0. The van der Waals surface area contributed by atoms with Crippen molar-refractivity contribution in [2.45, 2.75) is 38.9 Å². The number of anilines is 1. The molecule has 0 radical (unpaired) electrons. The number of amides is 2. The predicted octanol–water partition coefficient (Wildman–Crippen LogP) is 3.07. The van der Waals surface area contributed by atoms with Gasteiger partial charge in [-0.1, -0.05) is 13.0 Å². The number of hydrogen-bond donors (Lipinski definition) is 2. The minimum absolute atomic E-state index is 0.0388. The molecule has 2 aliphatic heterocycles. The monoisotopic (exact) mass is 463 g/mol. The SMILES string of the molecule is CC1(COc2cccc(F)c2F)COC1.CC1CCC(C(=O)Nc2ccnc(C(N)=O)c2)O1. The summed E-state index contributed by atoms with van der Waals surface area (Å²) in [7, 11) is 0. The molecule has 2 saturated heterocycles. The Hall–Kier alpha value is -3.11. The first kappa shape index (κ1) is 24.5. The lowest BCUT2D eigenvalue weighted by atomic mass is 9.90. The van der Waals surface area contributed by atoms with Crippen LogP contribution in [-0.2, 0) is 14.3 Å². The minimum Gasteiger partial charge on any atom is -0.490 e. The van der Waals surface area contributed by atoms with Gasteiger partial charge in [0.1, 0.15) is 11.8 Å². The van der Waals surface area contributed by atoms with Crippen LogP contribution in [0.15, 0.2) is 36.5 Å². The Labute approximate surface area is 190 Å². The van der Waals surface area contributed by atoms with Crippen LogP contribution in [0.3, 0.4) is 0 Å². The van der Waals surface area contributed by atoms with Crippen molar-refractivity contribution >= 4 is 17.5 Å². The molecule has 1 aromatic heterocycles. The average Bonchev–Trinajstić information content (AvgIpc) is 3.20. The summed E-state index contributed by atoms with van der Waals surface area (Å²) in [5.41, 5.74) is 5.66. The van der Waals surface area contributed by atoms with E-state index in [4.69, 9.17) is 19.9 Å². The topological polar surface area (TPSA) is 113 Å². The number of pyridine rings is 1. The van der Waals surface area contributed by atoms with Crippen molar-refractivity contribution in [2.75, 3.05) is 25.1 Å². The Morgan fingerprint density at radius 1 is 1.27 bits per heavy atom. The Morgan fingerprint density at radius 3 is 2.64 bits per heavy atom. The summed E-state index contributed by atoms with van der Waals surface area (Å²) in [4.78, 5) is 26.6. The maximum Gasteiger partial charge on any atom is 0.267 e. The number of rotatable bonds is 6. The zero-order valence-electron chi connectivity index (χ0n) is 18.5. The summed E-state index contributed by atoms with van der Waals surface area (Å²) in [6.07, 6.45) is 2.69. The van der Waals surface area contributed by atoms with Crippen LogP contribution in [0.5, 0.6) is 5.75 Å². The summed E-state index contributed by atoms with van der Waals surface area (Å²) in [5.74, 6) is -2.69. The molecule has 4 rings (SSSR count). The third-order valence-electron chi connectivity index (χ3n) is 5.20. The summed E-state index contributed by atoms with van der Waals surface area (Å²) < 4.78 is 41.7. The fraction of sp³-hybridized carbons (Fsp3) is 0.435. The van der Waals surface area contributed by atoms with Crippen LogP contribution in [0.25, 0.3) is 0 Å². The van der Waals surface area contributed by atoms with Gasteiger partial charge in [0, 0.05) is 17.3 Å². The lowest BCUT2D eigenvalue weighted by Gasteiger charge is -2.37. The molecule has 3 N–H and O–H groups in total. The van der Waals surface area contributed by atoms with E-state index in [1.54, 1.807) is 6.07 Å². The lowest BCUT2D eigenvalue weighted by molar-refractivity contribution is -0.126. The fourth-order valence-electron chi connectivity index (χ4n) is 3.24. The highest BCUT2D eigenvalue weighted by Gasteiger charge is 2.34. The molecule has 2 fully saturated rings. The van der Waals surface area contributed by atoms with Crippen molar-refractivity contribution in [3.05, 3.63) is 53.9 Å². The Balaban J connectivity index is 0.000000189. The van der Waals surface area contributed by atoms with E-state index in [0.29, 0.717) is 31.9 Å². The van der Waals surface area contributed by atoms with E-state index in [0.717, 1.165) is 12.5 Å². The van der Waals surface area contributed by atoms with E-state index in [-0.39, 0.29) is 28.9 Å². The molecule has 2 atom stereocenters. The minimum atomic E-state index is -0.929. The molecule has 33 heavy (non-hydrogen) atoms. The first-order valence-electron chi connectivity index (χ1n) is 10.5. The maximum absolute atomic E-state index is 13.2. The number of primary amides is 1. The Bertz CT molecular complexity index is 1000. The smallest absolute Gasteiger partial charge is 0.267 e. The first-order chi connectivity index (χ1) is 15.7. The highest BCUT2D eigenvalue weighted by atomic mass is 19.2. The van der Waals surface area contributed by atoms with Gasteiger partial charge in [-0.3, -0.25) is 14.6 Å². The number of nitrogens with one attached hydrogen (secondary N) is 1. The van der Waals surface area contributed by atoms with Crippen LogP contribution >= 0.6 is 0 Å². The molecule has 2 unspecified atom stereocenters. The van der Waals surface area contributed by atoms with Gasteiger partial charge < -0.3 is 25.3 Å². The third kappa shape index (κ3) is 6.69. The number of halogens is 2. The standard InChI is InChI=1S/C12H15N3O3.C11H12F2O2/c1-7-2-3-10(18-7)12(17)15-8-4-5-14-9(6-8)11(13)16;1-11(5-14-6-11)7-15-9-4-2-3-8(12)10(9)13/h4-7,10H,2-3H2,1H3,(H2,13,16)(H,14,15,17);2-4H,5-7H2,1H3.